The lowest BCUT2D eigenvalue weighted by molar-refractivity contribution is 0.404. The van der Waals surface area contributed by atoms with E-state index in [2.05, 4.69) is 36.5 Å². The van der Waals surface area contributed by atoms with Crippen LogP contribution in [0.2, 0.25) is 0 Å². The van der Waals surface area contributed by atoms with Gasteiger partial charge in [0.25, 0.3) is 0 Å². The number of rotatable bonds is 6. The van der Waals surface area contributed by atoms with Gasteiger partial charge in [-0.15, -0.1) is 0 Å². The highest BCUT2D eigenvalue weighted by molar-refractivity contribution is 5.59. The highest BCUT2D eigenvalue weighted by Gasteiger charge is 2.04. The van der Waals surface area contributed by atoms with Crippen LogP contribution >= 0.6 is 0 Å². The van der Waals surface area contributed by atoms with Crippen molar-refractivity contribution < 1.29 is 9.47 Å². The third kappa shape index (κ3) is 3.44. The zero-order valence-electron chi connectivity index (χ0n) is 12.3. The van der Waals surface area contributed by atoms with Gasteiger partial charge in [-0.2, -0.15) is 0 Å². The standard InChI is InChI=1S/C17H21NO2/c1-4-13-5-7-14(8-6-13)12-18-16-11-15(19-2)9-10-17(16)20-3/h5-11,18H,4,12H2,1-3H3. The predicted molar refractivity (Wildman–Crippen MR) is 82.7 cm³/mol. The fourth-order valence-electron chi connectivity index (χ4n) is 2.04. The maximum atomic E-state index is 5.35. The van der Waals surface area contributed by atoms with Crippen LogP contribution in [-0.4, -0.2) is 14.2 Å². The SMILES string of the molecule is CCc1ccc(CNc2cc(OC)ccc2OC)cc1. The van der Waals surface area contributed by atoms with Gasteiger partial charge in [-0.05, 0) is 29.7 Å². The summed E-state index contributed by atoms with van der Waals surface area (Å²) in [6, 6.07) is 14.4. The normalized spacial score (nSPS) is 10.2. The van der Waals surface area contributed by atoms with E-state index in [4.69, 9.17) is 9.47 Å². The maximum absolute atomic E-state index is 5.35. The highest BCUT2D eigenvalue weighted by atomic mass is 16.5. The highest BCUT2D eigenvalue weighted by Crippen LogP contribution is 2.29. The van der Waals surface area contributed by atoms with E-state index in [9.17, 15) is 0 Å². The quantitative estimate of drug-likeness (QED) is 0.865. The summed E-state index contributed by atoms with van der Waals surface area (Å²) in [5.74, 6) is 1.63. The van der Waals surface area contributed by atoms with E-state index in [1.54, 1.807) is 14.2 Å². The average Bonchev–Trinajstić information content (AvgIpc) is 2.53. The number of anilines is 1. The predicted octanol–water partition coefficient (Wildman–Crippen LogP) is 3.88. The first-order valence-electron chi connectivity index (χ1n) is 6.80. The Morgan fingerprint density at radius 3 is 2.20 bits per heavy atom. The van der Waals surface area contributed by atoms with Crippen LogP contribution in [0.15, 0.2) is 42.5 Å². The Labute approximate surface area is 120 Å². The Kier molecular flexibility index (Phi) is 4.88. The van der Waals surface area contributed by atoms with Gasteiger partial charge in [0.2, 0.25) is 0 Å². The lowest BCUT2D eigenvalue weighted by Gasteiger charge is -2.13. The molecule has 106 valence electrons. The molecule has 0 spiro atoms. The van der Waals surface area contributed by atoms with Crippen molar-refractivity contribution in [3.8, 4) is 11.5 Å². The summed E-state index contributed by atoms with van der Waals surface area (Å²) in [6.07, 6.45) is 1.07. The van der Waals surface area contributed by atoms with Gasteiger partial charge < -0.3 is 14.8 Å². The van der Waals surface area contributed by atoms with Crippen LogP contribution in [0.3, 0.4) is 0 Å². The third-order valence-electron chi connectivity index (χ3n) is 3.32. The monoisotopic (exact) mass is 271 g/mol. The van der Waals surface area contributed by atoms with Gasteiger partial charge in [0, 0.05) is 12.6 Å². The average molecular weight is 271 g/mol. The number of hydrogen-bond donors (Lipinski definition) is 1. The van der Waals surface area contributed by atoms with Crippen LogP contribution in [0, 0.1) is 0 Å². The first kappa shape index (κ1) is 14.3. The molecule has 0 radical (unpaired) electrons. The number of nitrogens with one attached hydrogen (secondary N) is 1. The first-order valence-corrected chi connectivity index (χ1v) is 6.80. The van der Waals surface area contributed by atoms with E-state index in [0.717, 1.165) is 30.2 Å². The second kappa shape index (κ2) is 6.85. The molecule has 2 aromatic rings. The van der Waals surface area contributed by atoms with E-state index in [0.29, 0.717) is 0 Å². The van der Waals surface area contributed by atoms with Crippen LogP contribution in [-0.2, 0) is 13.0 Å². The van der Waals surface area contributed by atoms with E-state index < -0.39 is 0 Å². The van der Waals surface area contributed by atoms with Gasteiger partial charge in [-0.25, -0.2) is 0 Å². The molecule has 0 fully saturated rings. The van der Waals surface area contributed by atoms with Gasteiger partial charge in [0.1, 0.15) is 11.5 Å². The number of ether oxygens (including phenoxy) is 2. The lowest BCUT2D eigenvalue weighted by atomic mass is 10.1. The molecule has 2 rings (SSSR count). The largest absolute Gasteiger partial charge is 0.497 e. The molecule has 0 bridgehead atoms. The fourth-order valence-corrected chi connectivity index (χ4v) is 2.04. The van der Waals surface area contributed by atoms with Crippen molar-refractivity contribution in [1.29, 1.82) is 0 Å². The zero-order valence-corrected chi connectivity index (χ0v) is 12.3. The molecule has 3 heteroatoms. The Morgan fingerprint density at radius 2 is 1.60 bits per heavy atom. The number of aryl methyl sites for hydroxylation is 1. The number of methoxy groups -OCH3 is 2. The molecule has 2 aromatic carbocycles. The molecule has 0 unspecified atom stereocenters. The van der Waals surface area contributed by atoms with Gasteiger partial charge in [0.15, 0.2) is 0 Å². The van der Waals surface area contributed by atoms with Crippen molar-refractivity contribution in [1.82, 2.24) is 0 Å². The first-order chi connectivity index (χ1) is 9.76. The van der Waals surface area contributed by atoms with E-state index in [1.807, 2.05) is 18.2 Å². The summed E-state index contributed by atoms with van der Waals surface area (Å²) >= 11 is 0. The molecule has 0 aliphatic heterocycles. The van der Waals surface area contributed by atoms with E-state index >= 15 is 0 Å². The molecule has 0 amide bonds. The van der Waals surface area contributed by atoms with E-state index in [1.165, 1.54) is 11.1 Å². The Hall–Kier alpha value is -2.16. The minimum atomic E-state index is 0.757. The summed E-state index contributed by atoms with van der Waals surface area (Å²) in [7, 11) is 3.33. The summed E-state index contributed by atoms with van der Waals surface area (Å²) in [5, 5.41) is 3.39. The van der Waals surface area contributed by atoms with Crippen molar-refractivity contribution in [2.45, 2.75) is 19.9 Å². The van der Waals surface area contributed by atoms with Crippen molar-refractivity contribution in [2.75, 3.05) is 19.5 Å². The molecule has 3 nitrogen and oxygen atoms in total. The fraction of sp³-hybridized carbons (Fsp3) is 0.294. The molecule has 1 N–H and O–H groups in total. The van der Waals surface area contributed by atoms with Gasteiger partial charge in [-0.1, -0.05) is 31.2 Å². The minimum absolute atomic E-state index is 0.757. The lowest BCUT2D eigenvalue weighted by Crippen LogP contribution is -2.02. The molecular formula is C17H21NO2. The van der Waals surface area contributed by atoms with Crippen LogP contribution in [0.5, 0.6) is 11.5 Å². The second-order valence-corrected chi connectivity index (χ2v) is 4.59. The molecular weight excluding hydrogens is 250 g/mol. The van der Waals surface area contributed by atoms with Crippen molar-refractivity contribution >= 4 is 5.69 Å². The third-order valence-corrected chi connectivity index (χ3v) is 3.32. The van der Waals surface area contributed by atoms with Crippen molar-refractivity contribution in [3.05, 3.63) is 53.6 Å². The maximum Gasteiger partial charge on any atom is 0.142 e. The van der Waals surface area contributed by atoms with Gasteiger partial charge in [-0.3, -0.25) is 0 Å². The van der Waals surface area contributed by atoms with E-state index in [-0.39, 0.29) is 0 Å². The van der Waals surface area contributed by atoms with Crippen LogP contribution < -0.4 is 14.8 Å². The summed E-state index contributed by atoms with van der Waals surface area (Å²) in [5.41, 5.74) is 3.53. The summed E-state index contributed by atoms with van der Waals surface area (Å²) in [4.78, 5) is 0. The van der Waals surface area contributed by atoms with Crippen LogP contribution in [0.25, 0.3) is 0 Å². The van der Waals surface area contributed by atoms with Crippen molar-refractivity contribution in [3.63, 3.8) is 0 Å². The molecule has 0 heterocycles. The minimum Gasteiger partial charge on any atom is -0.497 e. The molecule has 0 aromatic heterocycles. The van der Waals surface area contributed by atoms with Crippen LogP contribution in [0.4, 0.5) is 5.69 Å². The Balaban J connectivity index is 2.08. The molecule has 0 saturated heterocycles. The molecule has 0 aliphatic carbocycles. The Morgan fingerprint density at radius 1 is 0.900 bits per heavy atom. The van der Waals surface area contributed by atoms with Gasteiger partial charge in [0.05, 0.1) is 19.9 Å². The number of hydrogen-bond acceptors (Lipinski definition) is 3. The topological polar surface area (TPSA) is 30.5 Å². The zero-order chi connectivity index (χ0) is 14.4. The molecule has 0 aliphatic rings. The smallest absolute Gasteiger partial charge is 0.142 e. The number of benzene rings is 2. The molecule has 20 heavy (non-hydrogen) atoms. The van der Waals surface area contributed by atoms with Crippen LogP contribution in [0.1, 0.15) is 18.1 Å². The van der Waals surface area contributed by atoms with Crippen molar-refractivity contribution in [2.24, 2.45) is 0 Å². The summed E-state index contributed by atoms with van der Waals surface area (Å²) in [6.45, 7) is 2.92. The molecule has 0 saturated carbocycles. The Bertz CT molecular complexity index is 549. The molecule has 0 atom stereocenters. The van der Waals surface area contributed by atoms with Gasteiger partial charge >= 0.3 is 0 Å². The summed E-state index contributed by atoms with van der Waals surface area (Å²) < 4.78 is 10.6. The second-order valence-electron chi connectivity index (χ2n) is 4.59.